The summed E-state index contributed by atoms with van der Waals surface area (Å²) in [6, 6.07) is -1.77. The molecular weight excluding hydrogens is 966 g/mol. The molecule has 6 aliphatic heterocycles. The first-order valence-electron chi connectivity index (χ1n) is 22.1. The lowest BCUT2D eigenvalue weighted by molar-refractivity contribution is -0.391. The summed E-state index contributed by atoms with van der Waals surface area (Å²) in [5, 5.41) is 203. The van der Waals surface area contributed by atoms with Crippen molar-refractivity contribution in [2.24, 2.45) is 0 Å². The fraction of sp³-hybridized carbons (Fsp3) is 0.974. The molecule has 0 spiro atoms. The number of amides is 1. The van der Waals surface area contributed by atoms with Crippen LogP contribution < -0.4 is 5.32 Å². The normalized spacial score (nSPS) is 51.5. The van der Waals surface area contributed by atoms with E-state index >= 15 is 0 Å². The number of aliphatic hydroxyl groups is 19. The SMILES string of the molecule is CC(=O)N[C@H]1[C@H](O[C@@H]2[C@H](O)[C@@H](O)[C@H](O[C@H]3[C@H](O)[C@@H](O)[C@H](O)O[C@@H]3CO)O[C@@H]2CO)O[C@H](CO)[C@H](O)[C@@H]1O[C@@H]1O[C@H](CO)[C@H](O)[C@H](O[C@H]2O[C@H](CO)[C@H](O)[C@H](O[C@H]3O[C@H](CO)[C@H](O)[C@H](O)[C@H]3O)[C@H]2O)[C@H]1O. The summed E-state index contributed by atoms with van der Waals surface area (Å²) in [7, 11) is 0. The predicted molar refractivity (Wildman–Crippen MR) is 211 cm³/mol. The van der Waals surface area contributed by atoms with Gasteiger partial charge in [-0.15, -0.1) is 0 Å². The van der Waals surface area contributed by atoms with Gasteiger partial charge in [-0.1, -0.05) is 0 Å². The van der Waals surface area contributed by atoms with Gasteiger partial charge in [0.1, 0.15) is 146 Å². The Balaban J connectivity index is 1.21. The summed E-state index contributed by atoms with van der Waals surface area (Å²) in [5.74, 6) is -0.864. The van der Waals surface area contributed by atoms with Gasteiger partial charge in [-0.05, 0) is 0 Å². The molecule has 0 bridgehead atoms. The molecule has 70 heavy (non-hydrogen) atoms. The number of hydrogen-bond donors (Lipinski definition) is 20. The summed E-state index contributed by atoms with van der Waals surface area (Å²) in [6.45, 7) is -4.83. The first kappa shape index (κ1) is 57.5. The molecule has 6 heterocycles. The lowest BCUT2D eigenvalue weighted by Gasteiger charge is -2.50. The molecule has 32 heteroatoms. The highest BCUT2D eigenvalue weighted by Gasteiger charge is 2.58. The van der Waals surface area contributed by atoms with E-state index in [9.17, 15) is 102 Å². The van der Waals surface area contributed by atoms with E-state index in [2.05, 4.69) is 5.32 Å². The van der Waals surface area contributed by atoms with Gasteiger partial charge in [-0.25, -0.2) is 0 Å². The topological polar surface area (TPSA) is 515 Å². The van der Waals surface area contributed by atoms with Crippen LogP contribution in [0.1, 0.15) is 6.92 Å². The quantitative estimate of drug-likeness (QED) is 0.0643. The second-order valence-corrected chi connectivity index (χ2v) is 17.5. The zero-order valence-corrected chi connectivity index (χ0v) is 37.0. The number of carbonyl (C=O) groups is 1. The van der Waals surface area contributed by atoms with E-state index < -0.39 is 230 Å². The summed E-state index contributed by atoms with van der Waals surface area (Å²) in [5.41, 5.74) is 0. The lowest BCUT2D eigenvalue weighted by Crippen LogP contribution is -2.70. The third-order valence-electron chi connectivity index (χ3n) is 12.8. The van der Waals surface area contributed by atoms with Crippen LogP contribution >= 0.6 is 0 Å². The fourth-order valence-electron chi connectivity index (χ4n) is 8.91. The van der Waals surface area contributed by atoms with Gasteiger partial charge in [0.15, 0.2) is 37.7 Å². The summed E-state index contributed by atoms with van der Waals surface area (Å²) in [6.07, 6.45) is -55.7. The van der Waals surface area contributed by atoms with Gasteiger partial charge in [0.05, 0.1) is 39.6 Å². The van der Waals surface area contributed by atoms with Crippen LogP contribution in [0.5, 0.6) is 0 Å². The first-order chi connectivity index (χ1) is 33.2. The van der Waals surface area contributed by atoms with Crippen LogP contribution in [-0.4, -0.2) is 327 Å². The molecule has 0 aliphatic carbocycles. The third kappa shape index (κ3) is 11.9. The average molecular weight is 1030 g/mol. The van der Waals surface area contributed by atoms with Crippen molar-refractivity contribution in [3.05, 3.63) is 0 Å². The van der Waals surface area contributed by atoms with Crippen LogP contribution in [0.15, 0.2) is 0 Å². The molecule has 6 rings (SSSR count). The highest BCUT2D eigenvalue weighted by atomic mass is 16.8. The molecule has 32 nitrogen and oxygen atoms in total. The number of rotatable bonds is 17. The van der Waals surface area contributed by atoms with E-state index in [1.54, 1.807) is 0 Å². The maximum atomic E-state index is 12.7. The molecule has 6 fully saturated rings. The standard InChI is InChI=1S/C38H65NO31/c1-8(46)39-15-30(17(48)10(3-41)61-34(15)66-29-14(7-45)65-36(25(56)22(29)53)67-28-13(6-44)60-33(59)23(54)21(28)52)68-37-26(57)32(19(50)11(4-42)63-37)70-38-27(58)31(18(49)12(5-43)64-38)69-35-24(55)20(51)16(47)9(2-40)62-35/h9-38,40-45,47-59H,2-7H2,1H3,(H,39,46)/t9-,10-,11-,12-,13-,14-,15-,16+,17+,18+,19+,20+,21-,22-,23-,24-,25-,26-,27-,28-,29+,30-,31+,32+,33-,34+,35-,36+,37+,38-/m1/s1. The van der Waals surface area contributed by atoms with Crippen molar-refractivity contribution in [3.8, 4) is 0 Å². The number of aliphatic hydroxyl groups excluding tert-OH is 19. The second kappa shape index (κ2) is 24.7. The molecule has 0 unspecified atom stereocenters. The third-order valence-corrected chi connectivity index (χ3v) is 12.8. The minimum absolute atomic E-state index is 0.864. The largest absolute Gasteiger partial charge is 0.394 e. The fourth-order valence-corrected chi connectivity index (χ4v) is 8.91. The summed E-state index contributed by atoms with van der Waals surface area (Å²) in [4.78, 5) is 12.7. The Morgan fingerprint density at radius 1 is 0.343 bits per heavy atom. The number of hydrogen-bond acceptors (Lipinski definition) is 31. The molecular formula is C38H65NO31. The van der Waals surface area contributed by atoms with Crippen LogP contribution in [0.25, 0.3) is 0 Å². The Kier molecular flexibility index (Phi) is 20.3. The average Bonchev–Trinajstić information content (AvgIpc) is 3.34. The Bertz CT molecular complexity index is 1620. The van der Waals surface area contributed by atoms with Crippen LogP contribution in [0.2, 0.25) is 0 Å². The van der Waals surface area contributed by atoms with Gasteiger partial charge in [-0.3, -0.25) is 4.79 Å². The predicted octanol–water partition coefficient (Wildman–Crippen LogP) is -14.0. The summed E-state index contributed by atoms with van der Waals surface area (Å²) < 4.78 is 61.7. The molecule has 20 N–H and O–H groups in total. The molecule has 6 aliphatic rings. The Hall–Kier alpha value is -1.73. The van der Waals surface area contributed by atoms with E-state index in [4.69, 9.17) is 52.1 Å². The van der Waals surface area contributed by atoms with Crippen molar-refractivity contribution >= 4 is 5.91 Å². The number of carbonyl (C=O) groups excluding carboxylic acids is 1. The number of ether oxygens (including phenoxy) is 11. The summed E-state index contributed by atoms with van der Waals surface area (Å²) >= 11 is 0. The van der Waals surface area contributed by atoms with Gasteiger partial charge in [0.2, 0.25) is 5.91 Å². The molecule has 6 saturated heterocycles. The molecule has 0 saturated carbocycles. The van der Waals surface area contributed by atoms with Crippen molar-refractivity contribution in [3.63, 3.8) is 0 Å². The second-order valence-electron chi connectivity index (χ2n) is 17.5. The van der Waals surface area contributed by atoms with E-state index in [0.717, 1.165) is 6.92 Å². The van der Waals surface area contributed by atoms with Crippen molar-refractivity contribution in [1.82, 2.24) is 5.32 Å². The molecule has 1 amide bonds. The van der Waals surface area contributed by atoms with Crippen LogP contribution in [0.3, 0.4) is 0 Å². The first-order valence-corrected chi connectivity index (χ1v) is 22.1. The molecule has 408 valence electrons. The van der Waals surface area contributed by atoms with Gasteiger partial charge >= 0.3 is 0 Å². The van der Waals surface area contributed by atoms with Crippen LogP contribution in [-0.2, 0) is 56.9 Å². The van der Waals surface area contributed by atoms with Crippen molar-refractivity contribution in [2.45, 2.75) is 191 Å². The zero-order valence-electron chi connectivity index (χ0n) is 37.0. The van der Waals surface area contributed by atoms with Gasteiger partial charge in [0.25, 0.3) is 0 Å². The van der Waals surface area contributed by atoms with Crippen molar-refractivity contribution in [2.75, 3.05) is 39.6 Å². The van der Waals surface area contributed by atoms with E-state index in [1.807, 2.05) is 0 Å². The Morgan fingerprint density at radius 3 is 1.10 bits per heavy atom. The molecule has 0 aromatic rings. The van der Waals surface area contributed by atoms with Gasteiger partial charge in [-0.2, -0.15) is 0 Å². The van der Waals surface area contributed by atoms with E-state index in [1.165, 1.54) is 0 Å². The molecule has 0 radical (unpaired) electrons. The molecule has 0 aromatic heterocycles. The molecule has 30 atom stereocenters. The highest BCUT2D eigenvalue weighted by molar-refractivity contribution is 5.73. The maximum Gasteiger partial charge on any atom is 0.217 e. The van der Waals surface area contributed by atoms with Gasteiger partial charge in [0, 0.05) is 6.92 Å². The maximum absolute atomic E-state index is 12.7. The van der Waals surface area contributed by atoms with E-state index in [0.29, 0.717) is 0 Å². The van der Waals surface area contributed by atoms with Crippen LogP contribution in [0, 0.1) is 0 Å². The van der Waals surface area contributed by atoms with Crippen LogP contribution in [0.4, 0.5) is 0 Å². The minimum atomic E-state index is -2.25. The number of nitrogens with one attached hydrogen (secondary N) is 1. The molecule has 0 aromatic carbocycles. The Morgan fingerprint density at radius 2 is 0.657 bits per heavy atom. The Labute approximate surface area is 395 Å². The van der Waals surface area contributed by atoms with Crippen molar-refractivity contribution in [1.29, 1.82) is 0 Å². The monoisotopic (exact) mass is 1030 g/mol. The smallest absolute Gasteiger partial charge is 0.217 e. The minimum Gasteiger partial charge on any atom is -0.394 e. The highest BCUT2D eigenvalue weighted by Crippen LogP contribution is 2.37. The van der Waals surface area contributed by atoms with Gasteiger partial charge < -0.3 is 154 Å². The van der Waals surface area contributed by atoms with Crippen molar-refractivity contribution < 1.29 is 154 Å². The van der Waals surface area contributed by atoms with E-state index in [-0.39, 0.29) is 0 Å². The lowest BCUT2D eigenvalue weighted by atomic mass is 9.94. The zero-order chi connectivity index (χ0) is 51.6.